The van der Waals surface area contributed by atoms with Crippen LogP contribution in [0.4, 0.5) is 5.95 Å². The second-order valence-corrected chi connectivity index (χ2v) is 4.54. The van der Waals surface area contributed by atoms with Gasteiger partial charge in [-0.05, 0) is 18.8 Å². The van der Waals surface area contributed by atoms with Gasteiger partial charge in [0.05, 0.1) is 13.2 Å². The number of rotatable bonds is 7. The predicted molar refractivity (Wildman–Crippen MR) is 67.5 cm³/mol. The van der Waals surface area contributed by atoms with Crippen LogP contribution >= 0.6 is 0 Å². The van der Waals surface area contributed by atoms with Gasteiger partial charge in [0.15, 0.2) is 0 Å². The second-order valence-electron chi connectivity index (χ2n) is 4.54. The number of aromatic nitrogens is 3. The number of ether oxygens (including phenoxy) is 2. The summed E-state index contributed by atoms with van der Waals surface area (Å²) in [7, 11) is 0. The van der Waals surface area contributed by atoms with Gasteiger partial charge >= 0.3 is 12.0 Å². The Morgan fingerprint density at radius 3 is 2.33 bits per heavy atom. The fourth-order valence-corrected chi connectivity index (χ4v) is 1.77. The molecule has 0 aromatic carbocycles. The molecule has 0 radical (unpaired) electrons. The number of nitrogens with two attached hydrogens (primary N) is 1. The van der Waals surface area contributed by atoms with E-state index < -0.39 is 0 Å². The highest BCUT2D eigenvalue weighted by molar-refractivity contribution is 5.20. The minimum Gasteiger partial charge on any atom is -0.463 e. The van der Waals surface area contributed by atoms with Crippen molar-refractivity contribution in [3.8, 4) is 12.0 Å². The molecule has 100 valence electrons. The molecule has 6 heteroatoms. The Morgan fingerprint density at radius 2 is 1.78 bits per heavy atom. The summed E-state index contributed by atoms with van der Waals surface area (Å²) >= 11 is 0. The second kappa shape index (κ2) is 6.37. The zero-order valence-corrected chi connectivity index (χ0v) is 10.8. The third-order valence-electron chi connectivity index (χ3n) is 3.03. The molecule has 6 nitrogen and oxygen atoms in total. The summed E-state index contributed by atoms with van der Waals surface area (Å²) in [5.74, 6) is 0.940. The first-order valence-corrected chi connectivity index (χ1v) is 6.55. The maximum Gasteiger partial charge on any atom is 0.324 e. The van der Waals surface area contributed by atoms with Crippen LogP contribution in [0.5, 0.6) is 12.0 Å². The van der Waals surface area contributed by atoms with Crippen LogP contribution in [0.3, 0.4) is 0 Å². The van der Waals surface area contributed by atoms with Crippen LogP contribution in [0.2, 0.25) is 0 Å². The molecule has 0 atom stereocenters. The SMILES string of the molecule is CCCOc1nc(N)nc(OCCC2CCC2)n1. The van der Waals surface area contributed by atoms with Crippen molar-refractivity contribution in [3.05, 3.63) is 0 Å². The number of nitrogen functional groups attached to an aromatic ring is 1. The third kappa shape index (κ3) is 3.72. The molecule has 1 aromatic heterocycles. The van der Waals surface area contributed by atoms with Gasteiger partial charge in [0.1, 0.15) is 0 Å². The average molecular weight is 252 g/mol. The Morgan fingerprint density at radius 1 is 1.11 bits per heavy atom. The maximum absolute atomic E-state index is 5.58. The van der Waals surface area contributed by atoms with Crippen LogP contribution in [0, 0.1) is 5.92 Å². The molecule has 0 spiro atoms. The highest BCUT2D eigenvalue weighted by Gasteiger charge is 2.17. The number of nitrogens with zero attached hydrogens (tertiary/aromatic N) is 3. The number of anilines is 1. The van der Waals surface area contributed by atoms with Crippen LogP contribution in [-0.2, 0) is 0 Å². The molecule has 0 saturated heterocycles. The summed E-state index contributed by atoms with van der Waals surface area (Å²) in [5.41, 5.74) is 5.58. The maximum atomic E-state index is 5.58. The van der Waals surface area contributed by atoms with Gasteiger partial charge in [0.2, 0.25) is 5.95 Å². The summed E-state index contributed by atoms with van der Waals surface area (Å²) < 4.78 is 10.8. The standard InChI is InChI=1S/C12H20N4O2/c1-2-7-17-11-14-10(13)15-12(16-11)18-8-6-9-4-3-5-9/h9H,2-8H2,1H3,(H2,13,14,15,16). The van der Waals surface area contributed by atoms with E-state index in [0.717, 1.165) is 18.8 Å². The van der Waals surface area contributed by atoms with Gasteiger partial charge in [-0.2, -0.15) is 9.97 Å². The first-order valence-electron chi connectivity index (χ1n) is 6.55. The van der Waals surface area contributed by atoms with Crippen LogP contribution in [0.25, 0.3) is 0 Å². The summed E-state index contributed by atoms with van der Waals surface area (Å²) in [6.45, 7) is 3.20. The van der Waals surface area contributed by atoms with Gasteiger partial charge in [0, 0.05) is 0 Å². The van der Waals surface area contributed by atoms with E-state index >= 15 is 0 Å². The van der Waals surface area contributed by atoms with Crippen molar-refractivity contribution in [3.63, 3.8) is 0 Å². The Labute approximate surface area is 107 Å². The molecule has 1 heterocycles. The van der Waals surface area contributed by atoms with E-state index in [4.69, 9.17) is 15.2 Å². The summed E-state index contributed by atoms with van der Waals surface area (Å²) in [4.78, 5) is 11.9. The molecule has 0 aliphatic heterocycles. The molecule has 1 saturated carbocycles. The molecular weight excluding hydrogens is 232 g/mol. The highest BCUT2D eigenvalue weighted by atomic mass is 16.5. The quantitative estimate of drug-likeness (QED) is 0.796. The molecule has 2 rings (SSSR count). The van der Waals surface area contributed by atoms with E-state index in [9.17, 15) is 0 Å². The van der Waals surface area contributed by atoms with Crippen molar-refractivity contribution >= 4 is 5.95 Å². The molecule has 0 amide bonds. The van der Waals surface area contributed by atoms with E-state index in [-0.39, 0.29) is 18.0 Å². The van der Waals surface area contributed by atoms with Crippen molar-refractivity contribution in [1.82, 2.24) is 15.0 Å². The van der Waals surface area contributed by atoms with Crippen LogP contribution in [-0.4, -0.2) is 28.2 Å². The van der Waals surface area contributed by atoms with Crippen molar-refractivity contribution in [2.24, 2.45) is 5.92 Å². The number of hydrogen-bond acceptors (Lipinski definition) is 6. The number of hydrogen-bond donors (Lipinski definition) is 1. The van der Waals surface area contributed by atoms with Crippen molar-refractivity contribution in [1.29, 1.82) is 0 Å². The minimum absolute atomic E-state index is 0.134. The summed E-state index contributed by atoms with van der Waals surface area (Å²) in [6.07, 6.45) is 5.92. The molecule has 0 unspecified atom stereocenters. The molecule has 18 heavy (non-hydrogen) atoms. The largest absolute Gasteiger partial charge is 0.463 e. The van der Waals surface area contributed by atoms with Crippen LogP contribution in [0.1, 0.15) is 39.0 Å². The van der Waals surface area contributed by atoms with Gasteiger partial charge in [-0.1, -0.05) is 26.2 Å². The normalized spacial score (nSPS) is 15.2. The zero-order chi connectivity index (χ0) is 12.8. The van der Waals surface area contributed by atoms with Crippen molar-refractivity contribution in [2.45, 2.75) is 39.0 Å². The minimum atomic E-state index is 0.134. The van der Waals surface area contributed by atoms with Crippen molar-refractivity contribution in [2.75, 3.05) is 18.9 Å². The Balaban J connectivity index is 1.83. The molecular formula is C12H20N4O2. The van der Waals surface area contributed by atoms with E-state index in [0.29, 0.717) is 13.2 Å². The first-order chi connectivity index (χ1) is 8.78. The lowest BCUT2D eigenvalue weighted by Gasteiger charge is -2.24. The highest BCUT2D eigenvalue weighted by Crippen LogP contribution is 2.29. The molecule has 1 aromatic rings. The lowest BCUT2D eigenvalue weighted by molar-refractivity contribution is 0.207. The smallest absolute Gasteiger partial charge is 0.324 e. The van der Waals surface area contributed by atoms with E-state index in [1.165, 1.54) is 19.3 Å². The predicted octanol–water partition coefficient (Wildman–Crippen LogP) is 1.81. The van der Waals surface area contributed by atoms with Gasteiger partial charge in [0.25, 0.3) is 0 Å². The Bertz CT molecular complexity index is 382. The van der Waals surface area contributed by atoms with Crippen LogP contribution in [0.15, 0.2) is 0 Å². The average Bonchev–Trinajstić information content (AvgIpc) is 2.29. The molecule has 0 bridgehead atoms. The lowest BCUT2D eigenvalue weighted by Crippen LogP contribution is -2.15. The van der Waals surface area contributed by atoms with Gasteiger partial charge in [-0.15, -0.1) is 4.98 Å². The van der Waals surface area contributed by atoms with Crippen LogP contribution < -0.4 is 15.2 Å². The third-order valence-corrected chi connectivity index (χ3v) is 3.03. The zero-order valence-electron chi connectivity index (χ0n) is 10.8. The molecule has 1 aliphatic rings. The topological polar surface area (TPSA) is 83.2 Å². The monoisotopic (exact) mass is 252 g/mol. The Hall–Kier alpha value is -1.59. The first kappa shape index (κ1) is 12.9. The fourth-order valence-electron chi connectivity index (χ4n) is 1.77. The lowest BCUT2D eigenvalue weighted by atomic mass is 9.83. The van der Waals surface area contributed by atoms with Gasteiger partial charge in [-0.25, -0.2) is 0 Å². The summed E-state index contributed by atoms with van der Waals surface area (Å²) in [6, 6.07) is 0.496. The van der Waals surface area contributed by atoms with Gasteiger partial charge in [-0.3, -0.25) is 0 Å². The van der Waals surface area contributed by atoms with Crippen molar-refractivity contribution < 1.29 is 9.47 Å². The van der Waals surface area contributed by atoms with E-state index in [2.05, 4.69) is 15.0 Å². The van der Waals surface area contributed by atoms with E-state index in [1.54, 1.807) is 0 Å². The van der Waals surface area contributed by atoms with Gasteiger partial charge < -0.3 is 15.2 Å². The Kier molecular flexibility index (Phi) is 4.55. The molecule has 1 aliphatic carbocycles. The molecule has 2 N–H and O–H groups in total. The molecule has 1 fully saturated rings. The summed E-state index contributed by atoms with van der Waals surface area (Å²) in [5, 5.41) is 0. The van der Waals surface area contributed by atoms with E-state index in [1.807, 2.05) is 6.92 Å². The fraction of sp³-hybridized carbons (Fsp3) is 0.750.